The molecule has 4 atom stereocenters. The monoisotopic (exact) mass is 556 g/mol. The predicted molar refractivity (Wildman–Crippen MR) is 143 cm³/mol. The molecule has 2 aliphatic heterocycles. The molecule has 0 saturated carbocycles. The van der Waals surface area contributed by atoms with Crippen molar-refractivity contribution in [3.05, 3.63) is 95.1 Å². The number of aromatic hydroxyl groups is 5. The average molecular weight is 557 g/mol. The van der Waals surface area contributed by atoms with Crippen molar-refractivity contribution in [3.8, 4) is 46.0 Å². The largest absolute Gasteiger partial charge is 0.508 e. The lowest BCUT2D eigenvalue weighted by atomic mass is 9.69. The van der Waals surface area contributed by atoms with E-state index in [0.29, 0.717) is 11.1 Å². The molecule has 0 aliphatic carbocycles. The minimum absolute atomic E-state index is 0.0233. The molecule has 0 radical (unpaired) electrons. The molecule has 6 rings (SSSR count). The minimum atomic E-state index is -1.30. The fourth-order valence-corrected chi connectivity index (χ4v) is 5.57. The summed E-state index contributed by atoms with van der Waals surface area (Å²) >= 11 is 0. The van der Waals surface area contributed by atoms with Crippen LogP contribution in [-0.2, 0) is 0 Å². The van der Waals surface area contributed by atoms with Gasteiger partial charge in [0.15, 0.2) is 11.6 Å². The van der Waals surface area contributed by atoms with E-state index in [4.69, 9.17) is 14.2 Å². The molecule has 10 heteroatoms. The lowest BCUT2D eigenvalue weighted by molar-refractivity contribution is 0.0129. The van der Waals surface area contributed by atoms with Crippen molar-refractivity contribution < 1.29 is 49.3 Å². The molecule has 0 fully saturated rings. The first-order chi connectivity index (χ1) is 19.7. The van der Waals surface area contributed by atoms with Gasteiger partial charge in [-0.25, -0.2) is 0 Å². The van der Waals surface area contributed by atoms with Crippen molar-refractivity contribution in [2.24, 2.45) is 11.8 Å². The van der Waals surface area contributed by atoms with E-state index >= 15 is 0 Å². The Labute approximate surface area is 233 Å². The Hall–Kier alpha value is -5.38. The second-order valence-corrected chi connectivity index (χ2v) is 9.90. The number of fused-ring (bicyclic) bond motifs is 2. The van der Waals surface area contributed by atoms with Gasteiger partial charge in [0.05, 0.1) is 18.9 Å². The topological polar surface area (TPSA) is 163 Å². The van der Waals surface area contributed by atoms with Gasteiger partial charge in [0, 0.05) is 24.3 Å². The number of carbonyl (C=O) groups excluding carboxylic acids is 2. The van der Waals surface area contributed by atoms with Gasteiger partial charge < -0.3 is 39.7 Å². The van der Waals surface area contributed by atoms with E-state index in [-0.39, 0.29) is 45.6 Å². The normalized spacial score (nSPS) is 21.3. The molecular formula is C31H24O10. The molecule has 41 heavy (non-hydrogen) atoms. The van der Waals surface area contributed by atoms with E-state index in [0.717, 1.165) is 6.07 Å². The van der Waals surface area contributed by atoms with Crippen LogP contribution < -0.4 is 14.2 Å². The lowest BCUT2D eigenvalue weighted by Crippen LogP contribution is -2.45. The second-order valence-electron chi connectivity index (χ2n) is 9.90. The molecule has 0 saturated heterocycles. The van der Waals surface area contributed by atoms with Crippen molar-refractivity contribution in [3.63, 3.8) is 0 Å². The molecule has 0 bridgehead atoms. The average Bonchev–Trinajstić information content (AvgIpc) is 2.93. The second kappa shape index (κ2) is 9.67. The first kappa shape index (κ1) is 25.9. The Morgan fingerprint density at radius 1 is 0.585 bits per heavy atom. The molecule has 5 N–H and O–H groups in total. The van der Waals surface area contributed by atoms with Gasteiger partial charge in [-0.2, -0.15) is 0 Å². The molecule has 4 aromatic rings. The van der Waals surface area contributed by atoms with Crippen LogP contribution in [-0.4, -0.2) is 44.2 Å². The summed E-state index contributed by atoms with van der Waals surface area (Å²) in [7, 11) is 1.40. The van der Waals surface area contributed by atoms with Crippen molar-refractivity contribution in [1.82, 2.24) is 0 Å². The molecule has 4 aromatic carbocycles. The summed E-state index contributed by atoms with van der Waals surface area (Å²) in [5, 5.41) is 51.4. The summed E-state index contributed by atoms with van der Waals surface area (Å²) < 4.78 is 17.8. The molecule has 0 spiro atoms. The minimum Gasteiger partial charge on any atom is -0.508 e. The van der Waals surface area contributed by atoms with Gasteiger partial charge >= 0.3 is 0 Å². The van der Waals surface area contributed by atoms with Crippen molar-refractivity contribution in [2.45, 2.75) is 12.2 Å². The number of Topliss-reactive ketones (excluding diaryl/α,β-unsaturated/α-hetero) is 2. The van der Waals surface area contributed by atoms with Crippen LogP contribution in [0.4, 0.5) is 0 Å². The van der Waals surface area contributed by atoms with Crippen LogP contribution in [0.25, 0.3) is 0 Å². The highest BCUT2D eigenvalue weighted by Gasteiger charge is 2.53. The molecular weight excluding hydrogens is 532 g/mol. The highest BCUT2D eigenvalue weighted by Crippen LogP contribution is 2.53. The number of phenolic OH excluding ortho intramolecular Hbond substituents is 5. The van der Waals surface area contributed by atoms with Crippen LogP contribution in [0.5, 0.6) is 46.0 Å². The van der Waals surface area contributed by atoms with Gasteiger partial charge in [0.1, 0.15) is 69.3 Å². The van der Waals surface area contributed by atoms with Crippen molar-refractivity contribution in [1.29, 1.82) is 0 Å². The zero-order valence-electron chi connectivity index (χ0n) is 21.5. The third kappa shape index (κ3) is 4.29. The van der Waals surface area contributed by atoms with Crippen molar-refractivity contribution in [2.75, 3.05) is 7.11 Å². The molecule has 2 heterocycles. The third-order valence-electron chi connectivity index (χ3n) is 7.45. The maximum absolute atomic E-state index is 14.3. The fourth-order valence-electron chi connectivity index (χ4n) is 5.57. The maximum atomic E-state index is 14.3. The molecule has 2 aliphatic rings. The van der Waals surface area contributed by atoms with Gasteiger partial charge in [0.25, 0.3) is 0 Å². The Kier molecular flexibility index (Phi) is 6.10. The number of carbonyl (C=O) groups is 2. The third-order valence-corrected chi connectivity index (χ3v) is 7.45. The predicted octanol–water partition coefficient (Wildman–Crippen LogP) is 4.79. The number of hydrogen-bond donors (Lipinski definition) is 5. The summed E-state index contributed by atoms with van der Waals surface area (Å²) in [5.41, 5.74) is 0.511. The Balaban J connectivity index is 1.58. The summed E-state index contributed by atoms with van der Waals surface area (Å²) in [6.45, 7) is 0. The lowest BCUT2D eigenvalue weighted by Gasteiger charge is -2.42. The number of hydrogen-bond acceptors (Lipinski definition) is 10. The summed E-state index contributed by atoms with van der Waals surface area (Å²) in [6.07, 6.45) is -2.23. The van der Waals surface area contributed by atoms with Crippen LogP contribution in [0.2, 0.25) is 0 Å². The number of benzene rings is 4. The first-order valence-corrected chi connectivity index (χ1v) is 12.6. The number of ether oxygens (including phenoxy) is 3. The number of rotatable bonds is 4. The molecule has 10 nitrogen and oxygen atoms in total. The van der Waals surface area contributed by atoms with Gasteiger partial charge in [-0.3, -0.25) is 9.59 Å². The van der Waals surface area contributed by atoms with Crippen molar-refractivity contribution >= 4 is 11.6 Å². The number of phenols is 5. The van der Waals surface area contributed by atoms with Gasteiger partial charge in [-0.15, -0.1) is 0 Å². The zero-order valence-corrected chi connectivity index (χ0v) is 21.5. The van der Waals surface area contributed by atoms with E-state index in [1.54, 1.807) is 12.1 Å². The van der Waals surface area contributed by atoms with Gasteiger partial charge in [-0.1, -0.05) is 24.3 Å². The van der Waals surface area contributed by atoms with Crippen LogP contribution in [0.15, 0.2) is 72.8 Å². The molecule has 0 amide bonds. The van der Waals surface area contributed by atoms with Crippen LogP contribution in [0.3, 0.4) is 0 Å². The fraction of sp³-hybridized carbons (Fsp3) is 0.161. The van der Waals surface area contributed by atoms with Crippen LogP contribution >= 0.6 is 0 Å². The molecule has 208 valence electrons. The quantitative estimate of drug-likeness (QED) is 0.236. The Bertz CT molecular complexity index is 1680. The van der Waals surface area contributed by atoms with E-state index in [2.05, 4.69) is 0 Å². The van der Waals surface area contributed by atoms with Gasteiger partial charge in [0.2, 0.25) is 0 Å². The number of ketones is 2. The smallest absolute Gasteiger partial charge is 0.178 e. The SMILES string of the molecule is COc1cc(O)c2c(c1)OC(c1ccc(O)cc1)C(C1C(=O)c3c(O)cc(O)cc3OC1c1ccc(O)cc1)C2=O. The highest BCUT2D eigenvalue weighted by molar-refractivity contribution is 6.11. The van der Waals surface area contributed by atoms with E-state index in [1.807, 2.05) is 0 Å². The number of methoxy groups -OCH3 is 1. The molecule has 4 unspecified atom stereocenters. The zero-order chi connectivity index (χ0) is 29.0. The Morgan fingerprint density at radius 2 is 1.02 bits per heavy atom. The maximum Gasteiger partial charge on any atom is 0.178 e. The first-order valence-electron chi connectivity index (χ1n) is 12.6. The van der Waals surface area contributed by atoms with E-state index in [9.17, 15) is 35.1 Å². The Morgan fingerprint density at radius 3 is 1.49 bits per heavy atom. The standard InChI is InChI=1S/C31H24O10/c1-39-19-12-21(36)25-23(13-19)41-31(15-4-8-17(33)9-5-15)27(29(25)38)26-28(37)24-20(35)10-18(34)11-22(24)40-30(26)14-2-6-16(32)7-3-14/h2-13,26-27,30-36H,1H3. The van der Waals surface area contributed by atoms with E-state index < -0.39 is 47.1 Å². The van der Waals surface area contributed by atoms with Crippen LogP contribution in [0.1, 0.15) is 44.1 Å². The summed E-state index contributed by atoms with van der Waals surface area (Å²) in [6, 6.07) is 16.7. The summed E-state index contributed by atoms with van der Waals surface area (Å²) in [4.78, 5) is 28.6. The molecule has 0 aromatic heterocycles. The summed E-state index contributed by atoms with van der Waals surface area (Å²) in [5.74, 6) is -4.98. The highest BCUT2D eigenvalue weighted by atomic mass is 16.5. The van der Waals surface area contributed by atoms with Gasteiger partial charge in [-0.05, 0) is 35.4 Å². The van der Waals surface area contributed by atoms with E-state index in [1.165, 1.54) is 61.7 Å². The van der Waals surface area contributed by atoms with Crippen LogP contribution in [0, 0.1) is 11.8 Å².